The van der Waals surface area contributed by atoms with Gasteiger partial charge in [-0.05, 0) is 26.0 Å². The van der Waals surface area contributed by atoms with Crippen LogP contribution in [-0.4, -0.2) is 39.0 Å². The number of hydrogen-bond donors (Lipinski definition) is 4. The second-order valence-corrected chi connectivity index (χ2v) is 4.51. The maximum atomic E-state index is 12.1. The Labute approximate surface area is 130 Å². The maximum absolute atomic E-state index is 12.1. The van der Waals surface area contributed by atoms with E-state index in [2.05, 4.69) is 10.5 Å². The maximum Gasteiger partial charge on any atom is 0.345 e. The number of carbonyl (C=O) groups is 2. The van der Waals surface area contributed by atoms with Gasteiger partial charge in [-0.2, -0.15) is 0 Å². The third-order valence-electron chi connectivity index (χ3n) is 2.90. The predicted octanol–water partition coefficient (Wildman–Crippen LogP) is 1.53. The van der Waals surface area contributed by atoms with Crippen LogP contribution in [-0.2, 0) is 4.74 Å². The Kier molecular flexibility index (Phi) is 4.39. The van der Waals surface area contributed by atoms with Gasteiger partial charge in [0.05, 0.1) is 12.3 Å². The quantitative estimate of drug-likeness (QED) is 0.490. The van der Waals surface area contributed by atoms with E-state index >= 15 is 0 Å². The summed E-state index contributed by atoms with van der Waals surface area (Å²) in [6.07, 6.45) is 0. The van der Waals surface area contributed by atoms with Gasteiger partial charge in [-0.15, -0.1) is 0 Å². The third kappa shape index (κ3) is 3.18. The number of ether oxygens (including phenoxy) is 1. The molecule has 0 atom stereocenters. The smallest absolute Gasteiger partial charge is 0.345 e. The minimum Gasteiger partial charge on any atom is -0.504 e. The van der Waals surface area contributed by atoms with Crippen molar-refractivity contribution in [2.45, 2.75) is 13.8 Å². The van der Waals surface area contributed by atoms with E-state index in [0.717, 1.165) is 12.1 Å². The lowest BCUT2D eigenvalue weighted by Gasteiger charge is -2.07. The summed E-state index contributed by atoms with van der Waals surface area (Å²) >= 11 is 0. The average Bonchev–Trinajstić information content (AvgIpc) is 2.85. The molecule has 0 radical (unpaired) electrons. The molecule has 0 saturated carbocycles. The first-order valence-electron chi connectivity index (χ1n) is 6.54. The molecule has 0 fully saturated rings. The number of benzene rings is 1. The van der Waals surface area contributed by atoms with Crippen LogP contribution in [0.1, 0.15) is 33.3 Å². The number of amides is 1. The molecule has 0 spiro atoms. The molecule has 2 rings (SSSR count). The van der Waals surface area contributed by atoms with Crippen molar-refractivity contribution < 1.29 is 34.2 Å². The molecule has 2 aromatic rings. The van der Waals surface area contributed by atoms with Crippen molar-refractivity contribution in [1.29, 1.82) is 0 Å². The van der Waals surface area contributed by atoms with Gasteiger partial charge < -0.3 is 24.6 Å². The number of esters is 1. The van der Waals surface area contributed by atoms with E-state index in [-0.39, 0.29) is 29.3 Å². The Bertz CT molecular complexity index is 743. The fraction of sp³-hybridized carbons (Fsp3) is 0.214. The third-order valence-corrected chi connectivity index (χ3v) is 2.90. The summed E-state index contributed by atoms with van der Waals surface area (Å²) in [6, 6.07) is 1.88. The van der Waals surface area contributed by atoms with Crippen LogP contribution in [0.3, 0.4) is 0 Å². The van der Waals surface area contributed by atoms with Gasteiger partial charge in [0.1, 0.15) is 5.56 Å². The van der Waals surface area contributed by atoms with Crippen molar-refractivity contribution in [3.05, 3.63) is 29.0 Å². The summed E-state index contributed by atoms with van der Waals surface area (Å²) in [4.78, 5) is 23.9. The molecule has 1 heterocycles. The Morgan fingerprint density at radius 1 is 1.26 bits per heavy atom. The van der Waals surface area contributed by atoms with Crippen LogP contribution in [0.4, 0.5) is 5.88 Å². The summed E-state index contributed by atoms with van der Waals surface area (Å²) in [5, 5.41) is 34.0. The highest BCUT2D eigenvalue weighted by atomic mass is 16.5. The van der Waals surface area contributed by atoms with E-state index in [0.29, 0.717) is 0 Å². The monoisotopic (exact) mass is 322 g/mol. The number of hydrogen-bond acceptors (Lipinski definition) is 8. The van der Waals surface area contributed by atoms with Crippen molar-refractivity contribution in [3.8, 4) is 17.2 Å². The van der Waals surface area contributed by atoms with Gasteiger partial charge >= 0.3 is 5.97 Å². The zero-order chi connectivity index (χ0) is 17.1. The summed E-state index contributed by atoms with van der Waals surface area (Å²) < 4.78 is 9.73. The van der Waals surface area contributed by atoms with Crippen LogP contribution in [0.15, 0.2) is 16.7 Å². The van der Waals surface area contributed by atoms with Gasteiger partial charge in [-0.25, -0.2) is 4.79 Å². The standard InChI is InChI=1S/C14H14N2O7/c1-3-22-14(21)10-6(2)16-23-13(10)15-12(20)7-4-8(17)11(19)9(18)5-7/h4-5,17-19H,3H2,1-2H3,(H,15,20). The Hall–Kier alpha value is -3.23. The molecule has 1 aromatic carbocycles. The van der Waals surface area contributed by atoms with Gasteiger partial charge in [0, 0.05) is 5.56 Å². The number of aromatic nitrogens is 1. The highest BCUT2D eigenvalue weighted by Gasteiger charge is 2.24. The topological polar surface area (TPSA) is 142 Å². The SMILES string of the molecule is CCOC(=O)c1c(C)noc1NC(=O)c1cc(O)c(O)c(O)c1. The van der Waals surface area contributed by atoms with Crippen LogP contribution >= 0.6 is 0 Å². The number of aromatic hydroxyl groups is 3. The lowest BCUT2D eigenvalue weighted by atomic mass is 10.1. The fourth-order valence-electron chi connectivity index (χ4n) is 1.81. The van der Waals surface area contributed by atoms with E-state index < -0.39 is 29.1 Å². The van der Waals surface area contributed by atoms with Gasteiger partial charge in [-0.1, -0.05) is 5.16 Å². The first-order chi connectivity index (χ1) is 10.8. The van der Waals surface area contributed by atoms with Crippen LogP contribution in [0.5, 0.6) is 17.2 Å². The minimum absolute atomic E-state index is 0.0348. The number of aryl methyl sites for hydroxylation is 1. The molecule has 0 bridgehead atoms. The van der Waals surface area contributed by atoms with Crippen molar-refractivity contribution in [3.63, 3.8) is 0 Å². The summed E-state index contributed by atoms with van der Waals surface area (Å²) in [7, 11) is 0. The molecule has 0 aliphatic carbocycles. The van der Waals surface area contributed by atoms with Crippen molar-refractivity contribution in [2.24, 2.45) is 0 Å². The highest BCUT2D eigenvalue weighted by molar-refractivity contribution is 6.07. The average molecular weight is 322 g/mol. The number of nitrogens with one attached hydrogen (secondary N) is 1. The Balaban J connectivity index is 2.30. The van der Waals surface area contributed by atoms with Crippen LogP contribution < -0.4 is 5.32 Å². The number of carbonyl (C=O) groups excluding carboxylic acids is 2. The largest absolute Gasteiger partial charge is 0.504 e. The molecule has 1 amide bonds. The highest BCUT2D eigenvalue weighted by Crippen LogP contribution is 2.35. The normalized spacial score (nSPS) is 10.3. The first-order valence-corrected chi connectivity index (χ1v) is 6.54. The van der Waals surface area contributed by atoms with E-state index in [4.69, 9.17) is 9.26 Å². The summed E-state index contributed by atoms with van der Waals surface area (Å²) in [6.45, 7) is 3.27. The number of nitrogens with zero attached hydrogens (tertiary/aromatic N) is 1. The molecule has 0 aliphatic rings. The molecule has 1 aromatic heterocycles. The van der Waals surface area contributed by atoms with Gasteiger partial charge in [0.25, 0.3) is 5.91 Å². The second-order valence-electron chi connectivity index (χ2n) is 4.51. The predicted molar refractivity (Wildman–Crippen MR) is 76.6 cm³/mol. The molecule has 0 aliphatic heterocycles. The Morgan fingerprint density at radius 3 is 2.43 bits per heavy atom. The molecule has 9 heteroatoms. The molecule has 122 valence electrons. The zero-order valence-electron chi connectivity index (χ0n) is 12.3. The first kappa shape index (κ1) is 16.1. The van der Waals surface area contributed by atoms with Gasteiger partial charge in [-0.3, -0.25) is 10.1 Å². The van der Waals surface area contributed by atoms with Crippen LogP contribution in [0.25, 0.3) is 0 Å². The van der Waals surface area contributed by atoms with Crippen molar-refractivity contribution in [2.75, 3.05) is 11.9 Å². The zero-order valence-corrected chi connectivity index (χ0v) is 12.3. The lowest BCUT2D eigenvalue weighted by molar-refractivity contribution is 0.0526. The molecular weight excluding hydrogens is 308 g/mol. The number of anilines is 1. The van der Waals surface area contributed by atoms with Gasteiger partial charge in [0.2, 0.25) is 5.88 Å². The van der Waals surface area contributed by atoms with E-state index in [9.17, 15) is 24.9 Å². The van der Waals surface area contributed by atoms with E-state index in [1.807, 2.05) is 0 Å². The summed E-state index contributed by atoms with van der Waals surface area (Å²) in [5.74, 6) is -3.82. The molecular formula is C14H14N2O7. The number of phenolic OH excluding ortho intramolecular Hbond substituents is 3. The molecule has 0 unspecified atom stereocenters. The summed E-state index contributed by atoms with van der Waals surface area (Å²) in [5.41, 5.74) is 0.0317. The molecule has 9 nitrogen and oxygen atoms in total. The van der Waals surface area contributed by atoms with Gasteiger partial charge in [0.15, 0.2) is 17.2 Å². The van der Waals surface area contributed by atoms with E-state index in [1.54, 1.807) is 6.92 Å². The van der Waals surface area contributed by atoms with Crippen molar-refractivity contribution >= 4 is 17.8 Å². The lowest BCUT2D eigenvalue weighted by Crippen LogP contribution is -2.15. The number of rotatable bonds is 4. The van der Waals surface area contributed by atoms with Crippen molar-refractivity contribution in [1.82, 2.24) is 5.16 Å². The fourth-order valence-corrected chi connectivity index (χ4v) is 1.81. The molecule has 23 heavy (non-hydrogen) atoms. The van der Waals surface area contributed by atoms with E-state index in [1.165, 1.54) is 6.92 Å². The second kappa shape index (κ2) is 6.26. The molecule has 0 saturated heterocycles. The Morgan fingerprint density at radius 2 is 1.87 bits per heavy atom. The molecule has 4 N–H and O–H groups in total. The van der Waals surface area contributed by atoms with Crippen LogP contribution in [0.2, 0.25) is 0 Å². The number of phenols is 3. The van der Waals surface area contributed by atoms with Crippen LogP contribution in [0, 0.1) is 6.92 Å². The minimum atomic E-state index is -0.794.